The minimum Gasteiger partial charge on any atom is -0.355 e. The van der Waals surface area contributed by atoms with Crippen molar-refractivity contribution in [2.75, 3.05) is 52.6 Å². The molecular formula is C17H35N5O2S. The lowest BCUT2D eigenvalue weighted by Gasteiger charge is -2.29. The number of likely N-dealkylation sites (tertiary alicyclic amines) is 1. The van der Waals surface area contributed by atoms with E-state index >= 15 is 0 Å². The van der Waals surface area contributed by atoms with E-state index in [-0.39, 0.29) is 5.75 Å². The summed E-state index contributed by atoms with van der Waals surface area (Å²) in [6, 6.07) is 0.557. The zero-order valence-electron chi connectivity index (χ0n) is 16.0. The quantitative estimate of drug-likeness (QED) is 0.459. The predicted molar refractivity (Wildman–Crippen MR) is 103 cm³/mol. The maximum absolute atomic E-state index is 12.1. The van der Waals surface area contributed by atoms with Gasteiger partial charge in [0.05, 0.1) is 5.75 Å². The molecule has 0 radical (unpaired) electrons. The van der Waals surface area contributed by atoms with E-state index in [9.17, 15) is 8.42 Å². The van der Waals surface area contributed by atoms with Crippen LogP contribution in [0.25, 0.3) is 0 Å². The SMILES string of the molecule is CCN1CCCC1CN(C)C(=NC)NCCS(=O)(=O)NCC1CCC1. The van der Waals surface area contributed by atoms with E-state index in [1.54, 1.807) is 7.05 Å². The molecule has 2 fully saturated rings. The summed E-state index contributed by atoms with van der Waals surface area (Å²) >= 11 is 0. The molecule has 0 aromatic carbocycles. The Hall–Kier alpha value is -0.860. The monoisotopic (exact) mass is 373 g/mol. The Morgan fingerprint density at radius 3 is 2.64 bits per heavy atom. The summed E-state index contributed by atoms with van der Waals surface area (Å²) in [7, 11) is 0.551. The smallest absolute Gasteiger partial charge is 0.213 e. The van der Waals surface area contributed by atoms with Crippen LogP contribution in [0, 0.1) is 5.92 Å². The van der Waals surface area contributed by atoms with Crippen molar-refractivity contribution in [3.05, 3.63) is 0 Å². The Kier molecular flexibility index (Phi) is 7.96. The molecule has 2 rings (SSSR count). The normalized spacial score (nSPS) is 22.8. The molecule has 1 saturated heterocycles. The second kappa shape index (κ2) is 9.73. The van der Waals surface area contributed by atoms with Gasteiger partial charge in [0.1, 0.15) is 0 Å². The standard InChI is InChI=1S/C17H35N5O2S/c1-4-22-11-6-9-16(22)14-21(3)17(18-2)19-10-12-25(23,24)20-13-15-7-5-8-15/h15-16,20H,4-14H2,1-3H3,(H,18,19). The third-order valence-corrected chi connectivity index (χ3v) is 6.78. The summed E-state index contributed by atoms with van der Waals surface area (Å²) in [5, 5.41) is 3.19. The first-order chi connectivity index (χ1) is 11.9. The second-order valence-electron chi connectivity index (χ2n) is 7.24. The number of likely N-dealkylation sites (N-methyl/N-ethyl adjacent to an activating group) is 2. The maximum atomic E-state index is 12.1. The van der Waals surface area contributed by atoms with E-state index < -0.39 is 10.0 Å². The van der Waals surface area contributed by atoms with Crippen LogP contribution >= 0.6 is 0 Å². The average molecular weight is 374 g/mol. The minimum absolute atomic E-state index is 0.0804. The van der Waals surface area contributed by atoms with Gasteiger partial charge in [-0.1, -0.05) is 13.3 Å². The summed E-state index contributed by atoms with van der Waals surface area (Å²) in [5.74, 6) is 1.38. The van der Waals surface area contributed by atoms with Crippen molar-refractivity contribution < 1.29 is 8.42 Å². The number of nitrogens with zero attached hydrogens (tertiary/aromatic N) is 3. The van der Waals surface area contributed by atoms with Gasteiger partial charge in [-0.15, -0.1) is 0 Å². The molecule has 1 unspecified atom stereocenters. The van der Waals surface area contributed by atoms with E-state index in [1.807, 2.05) is 7.05 Å². The zero-order valence-corrected chi connectivity index (χ0v) is 16.8. The van der Waals surface area contributed by atoms with Gasteiger partial charge in [-0.05, 0) is 44.7 Å². The van der Waals surface area contributed by atoms with Gasteiger partial charge in [-0.3, -0.25) is 9.89 Å². The van der Waals surface area contributed by atoms with Gasteiger partial charge in [0.2, 0.25) is 10.0 Å². The Balaban J connectivity index is 1.71. The highest BCUT2D eigenvalue weighted by Gasteiger charge is 2.25. The maximum Gasteiger partial charge on any atom is 0.213 e. The van der Waals surface area contributed by atoms with E-state index in [0.29, 0.717) is 25.0 Å². The number of hydrogen-bond acceptors (Lipinski definition) is 4. The van der Waals surface area contributed by atoms with Crippen molar-refractivity contribution in [3.8, 4) is 0 Å². The third kappa shape index (κ3) is 6.42. The van der Waals surface area contributed by atoms with Crippen molar-refractivity contribution in [2.45, 2.75) is 45.1 Å². The minimum atomic E-state index is -3.21. The fourth-order valence-electron chi connectivity index (χ4n) is 3.62. The fraction of sp³-hybridized carbons (Fsp3) is 0.941. The number of guanidine groups is 1. The van der Waals surface area contributed by atoms with E-state index in [2.05, 4.69) is 31.8 Å². The molecule has 1 aliphatic heterocycles. The molecule has 1 aliphatic carbocycles. The lowest BCUT2D eigenvalue weighted by Crippen LogP contribution is -2.47. The summed E-state index contributed by atoms with van der Waals surface area (Å²) in [6.07, 6.45) is 5.99. The van der Waals surface area contributed by atoms with Gasteiger partial charge in [-0.25, -0.2) is 13.1 Å². The van der Waals surface area contributed by atoms with Crippen molar-refractivity contribution in [1.29, 1.82) is 0 Å². The van der Waals surface area contributed by atoms with Gasteiger partial charge in [0.15, 0.2) is 5.96 Å². The van der Waals surface area contributed by atoms with E-state index in [0.717, 1.165) is 31.9 Å². The number of hydrogen-bond donors (Lipinski definition) is 2. The average Bonchev–Trinajstić information content (AvgIpc) is 2.96. The van der Waals surface area contributed by atoms with E-state index in [4.69, 9.17) is 0 Å². The molecule has 25 heavy (non-hydrogen) atoms. The summed E-state index contributed by atoms with van der Waals surface area (Å²) in [5.41, 5.74) is 0. The van der Waals surface area contributed by atoms with Crippen LogP contribution in [0.2, 0.25) is 0 Å². The molecule has 1 atom stereocenters. The Morgan fingerprint density at radius 1 is 1.28 bits per heavy atom. The molecule has 0 aromatic heterocycles. The number of rotatable bonds is 9. The second-order valence-corrected chi connectivity index (χ2v) is 9.17. The molecule has 0 bridgehead atoms. The number of aliphatic imine (C=N–C) groups is 1. The molecular weight excluding hydrogens is 338 g/mol. The van der Waals surface area contributed by atoms with Crippen LogP contribution in [0.4, 0.5) is 0 Å². The summed E-state index contributed by atoms with van der Waals surface area (Å²) in [6.45, 7) is 6.33. The Labute approximate surface area is 153 Å². The summed E-state index contributed by atoms with van der Waals surface area (Å²) in [4.78, 5) is 8.90. The molecule has 1 heterocycles. The lowest BCUT2D eigenvalue weighted by atomic mass is 9.86. The van der Waals surface area contributed by atoms with Gasteiger partial charge in [0.25, 0.3) is 0 Å². The van der Waals surface area contributed by atoms with Gasteiger partial charge in [-0.2, -0.15) is 0 Å². The fourth-order valence-corrected chi connectivity index (χ4v) is 4.62. The lowest BCUT2D eigenvalue weighted by molar-refractivity contribution is 0.233. The van der Waals surface area contributed by atoms with Crippen molar-refractivity contribution >= 4 is 16.0 Å². The van der Waals surface area contributed by atoms with Crippen LogP contribution < -0.4 is 10.0 Å². The van der Waals surface area contributed by atoms with Crippen molar-refractivity contribution in [3.63, 3.8) is 0 Å². The molecule has 2 N–H and O–H groups in total. The van der Waals surface area contributed by atoms with Gasteiger partial charge < -0.3 is 10.2 Å². The van der Waals surface area contributed by atoms with Crippen LogP contribution in [0.1, 0.15) is 39.0 Å². The highest BCUT2D eigenvalue weighted by Crippen LogP contribution is 2.25. The molecule has 7 nitrogen and oxygen atoms in total. The van der Waals surface area contributed by atoms with Crippen molar-refractivity contribution in [2.24, 2.45) is 10.9 Å². The first-order valence-corrected chi connectivity index (χ1v) is 11.2. The molecule has 0 aromatic rings. The van der Waals surface area contributed by atoms with E-state index in [1.165, 1.54) is 25.8 Å². The molecule has 0 spiro atoms. The number of nitrogens with one attached hydrogen (secondary N) is 2. The van der Waals surface area contributed by atoms with Crippen molar-refractivity contribution in [1.82, 2.24) is 19.8 Å². The van der Waals surface area contributed by atoms with Crippen LogP contribution in [0.5, 0.6) is 0 Å². The first kappa shape index (κ1) is 20.5. The molecule has 0 amide bonds. The van der Waals surface area contributed by atoms with Crippen LogP contribution in [-0.4, -0.2) is 82.8 Å². The summed E-state index contributed by atoms with van der Waals surface area (Å²) < 4.78 is 26.9. The zero-order chi connectivity index (χ0) is 18.3. The third-order valence-electron chi connectivity index (χ3n) is 5.43. The van der Waals surface area contributed by atoms with Gasteiger partial charge >= 0.3 is 0 Å². The molecule has 1 saturated carbocycles. The molecule has 146 valence electrons. The predicted octanol–water partition coefficient (Wildman–Crippen LogP) is 0.697. The van der Waals surface area contributed by atoms with Crippen LogP contribution in [-0.2, 0) is 10.0 Å². The highest BCUT2D eigenvalue weighted by molar-refractivity contribution is 7.89. The van der Waals surface area contributed by atoms with Crippen LogP contribution in [0.15, 0.2) is 4.99 Å². The first-order valence-electron chi connectivity index (χ1n) is 9.58. The van der Waals surface area contributed by atoms with Crippen LogP contribution in [0.3, 0.4) is 0 Å². The highest BCUT2D eigenvalue weighted by atomic mass is 32.2. The largest absolute Gasteiger partial charge is 0.355 e. The molecule has 2 aliphatic rings. The number of sulfonamides is 1. The molecule has 8 heteroatoms. The topological polar surface area (TPSA) is 77.0 Å². The Bertz CT molecular complexity index is 533. The van der Waals surface area contributed by atoms with Gasteiger partial charge in [0, 0.05) is 39.8 Å². The Morgan fingerprint density at radius 2 is 2.04 bits per heavy atom.